The van der Waals surface area contributed by atoms with Crippen LogP contribution in [0.2, 0.25) is 5.02 Å². The van der Waals surface area contributed by atoms with E-state index in [2.05, 4.69) is 17.2 Å². The van der Waals surface area contributed by atoms with E-state index in [0.717, 1.165) is 11.6 Å². The molecule has 3 N–H and O–H groups in total. The lowest BCUT2D eigenvalue weighted by Gasteiger charge is -2.38. The molecule has 1 aliphatic rings. The van der Waals surface area contributed by atoms with Gasteiger partial charge in [-0.15, -0.1) is 0 Å². The highest BCUT2D eigenvalue weighted by Gasteiger charge is 2.36. The lowest BCUT2D eigenvalue weighted by atomic mass is 9.82. The van der Waals surface area contributed by atoms with Gasteiger partial charge in [-0.25, -0.2) is 0 Å². The molecule has 0 unspecified atom stereocenters. The van der Waals surface area contributed by atoms with Crippen LogP contribution in [-0.2, 0) is 15.1 Å². The summed E-state index contributed by atoms with van der Waals surface area (Å²) in [5.74, 6) is -1.02. The van der Waals surface area contributed by atoms with Gasteiger partial charge in [0.15, 0.2) is 0 Å². The van der Waals surface area contributed by atoms with Crippen LogP contribution < -0.4 is 10.6 Å². The molecule has 2 amide bonds. The van der Waals surface area contributed by atoms with E-state index in [9.17, 15) is 14.7 Å². The highest BCUT2D eigenvalue weighted by atomic mass is 35.5. The molecule has 7 heteroatoms. The number of halogens is 1. The van der Waals surface area contributed by atoms with Crippen molar-refractivity contribution in [2.45, 2.75) is 18.4 Å². The zero-order chi connectivity index (χ0) is 20.1. The number of carbonyl (C=O) groups is 2. The van der Waals surface area contributed by atoms with Crippen molar-refractivity contribution in [2.75, 3.05) is 18.5 Å². The second-order valence-corrected chi connectivity index (χ2v) is 7.02. The van der Waals surface area contributed by atoms with Crippen molar-refractivity contribution in [3.63, 3.8) is 0 Å². The first-order valence-corrected chi connectivity index (χ1v) is 9.24. The summed E-state index contributed by atoms with van der Waals surface area (Å²) in [5.41, 5.74) is 0.749. The summed E-state index contributed by atoms with van der Waals surface area (Å²) in [4.78, 5) is 24.5. The number of hydrogen-bond donors (Lipinski definition) is 3. The maximum Gasteiger partial charge on any atom is 0.255 e. The maximum absolute atomic E-state index is 13.0. The molecular weight excluding hydrogens is 380 g/mol. The van der Waals surface area contributed by atoms with Crippen LogP contribution in [0.5, 0.6) is 5.75 Å². The first-order valence-electron chi connectivity index (χ1n) is 8.86. The molecule has 28 heavy (non-hydrogen) atoms. The maximum atomic E-state index is 13.0. The molecule has 2 aromatic rings. The highest BCUT2D eigenvalue weighted by molar-refractivity contribution is 6.30. The molecule has 1 heterocycles. The zero-order valence-electron chi connectivity index (χ0n) is 15.2. The van der Waals surface area contributed by atoms with Gasteiger partial charge in [0.2, 0.25) is 5.91 Å². The number of rotatable bonds is 5. The fourth-order valence-corrected chi connectivity index (χ4v) is 3.37. The predicted molar refractivity (Wildman–Crippen MR) is 108 cm³/mol. The molecule has 0 atom stereocenters. The summed E-state index contributed by atoms with van der Waals surface area (Å²) < 4.78 is 5.47. The topological polar surface area (TPSA) is 87.7 Å². The molecule has 3 rings (SSSR count). The molecule has 0 radical (unpaired) electrons. The molecule has 2 aromatic carbocycles. The van der Waals surface area contributed by atoms with Crippen LogP contribution >= 0.6 is 11.6 Å². The summed E-state index contributed by atoms with van der Waals surface area (Å²) in [7, 11) is 0. The van der Waals surface area contributed by atoms with Crippen LogP contribution in [0.1, 0.15) is 28.8 Å². The number of phenolic OH excluding ortho intramolecular Hbond substituents is 1. The van der Waals surface area contributed by atoms with E-state index in [1.54, 1.807) is 12.1 Å². The largest absolute Gasteiger partial charge is 0.507 e. The Morgan fingerprint density at radius 1 is 1.14 bits per heavy atom. The van der Waals surface area contributed by atoms with E-state index < -0.39 is 17.4 Å². The first-order chi connectivity index (χ1) is 13.4. The third kappa shape index (κ3) is 4.35. The lowest BCUT2D eigenvalue weighted by molar-refractivity contribution is -0.111. The molecule has 0 aromatic heterocycles. The molecule has 1 fully saturated rings. The van der Waals surface area contributed by atoms with Crippen molar-refractivity contribution in [2.24, 2.45) is 0 Å². The van der Waals surface area contributed by atoms with E-state index in [1.807, 2.05) is 12.1 Å². The zero-order valence-corrected chi connectivity index (χ0v) is 16.0. The van der Waals surface area contributed by atoms with Crippen molar-refractivity contribution < 1.29 is 19.4 Å². The molecule has 0 bridgehead atoms. The number of amides is 2. The first kappa shape index (κ1) is 19.9. The van der Waals surface area contributed by atoms with Gasteiger partial charge in [-0.2, -0.15) is 0 Å². The second-order valence-electron chi connectivity index (χ2n) is 6.58. The van der Waals surface area contributed by atoms with Gasteiger partial charge in [-0.1, -0.05) is 30.3 Å². The van der Waals surface area contributed by atoms with Crippen molar-refractivity contribution >= 4 is 29.1 Å². The lowest BCUT2D eigenvalue weighted by Crippen LogP contribution is -2.49. The Labute approximate surface area is 168 Å². The minimum Gasteiger partial charge on any atom is -0.507 e. The number of hydrogen-bond acceptors (Lipinski definition) is 4. The fraction of sp³-hybridized carbons (Fsp3) is 0.238. The number of anilines is 1. The van der Waals surface area contributed by atoms with Crippen LogP contribution in [0.15, 0.2) is 55.1 Å². The van der Waals surface area contributed by atoms with Crippen molar-refractivity contribution in [1.82, 2.24) is 5.32 Å². The summed E-state index contributed by atoms with van der Waals surface area (Å²) >= 11 is 6.00. The summed E-state index contributed by atoms with van der Waals surface area (Å²) in [5, 5.41) is 16.4. The molecule has 1 aliphatic heterocycles. The third-order valence-corrected chi connectivity index (χ3v) is 5.04. The van der Waals surface area contributed by atoms with Gasteiger partial charge < -0.3 is 20.5 Å². The van der Waals surface area contributed by atoms with Crippen LogP contribution in [0.25, 0.3) is 0 Å². The van der Waals surface area contributed by atoms with Gasteiger partial charge in [0.1, 0.15) is 5.75 Å². The Morgan fingerprint density at radius 2 is 1.82 bits per heavy atom. The van der Waals surface area contributed by atoms with Crippen LogP contribution in [0.4, 0.5) is 5.69 Å². The van der Waals surface area contributed by atoms with Gasteiger partial charge in [-0.05, 0) is 54.8 Å². The number of aromatic hydroxyl groups is 1. The number of benzene rings is 2. The van der Waals surface area contributed by atoms with Gasteiger partial charge in [0.25, 0.3) is 5.91 Å². The quantitative estimate of drug-likeness (QED) is 0.528. The Balaban J connectivity index is 1.90. The monoisotopic (exact) mass is 400 g/mol. The van der Waals surface area contributed by atoms with Crippen LogP contribution in [0.3, 0.4) is 0 Å². The highest BCUT2D eigenvalue weighted by Crippen LogP contribution is 2.34. The average molecular weight is 401 g/mol. The molecule has 6 nitrogen and oxygen atoms in total. The van der Waals surface area contributed by atoms with E-state index in [0.29, 0.717) is 36.8 Å². The Morgan fingerprint density at radius 3 is 2.46 bits per heavy atom. The Hall–Kier alpha value is -2.83. The van der Waals surface area contributed by atoms with Crippen molar-refractivity contribution in [3.05, 3.63) is 71.3 Å². The van der Waals surface area contributed by atoms with E-state index in [1.165, 1.54) is 18.2 Å². The predicted octanol–water partition coefficient (Wildman–Crippen LogP) is 3.61. The average Bonchev–Trinajstić information content (AvgIpc) is 2.70. The van der Waals surface area contributed by atoms with Crippen LogP contribution in [-0.4, -0.2) is 30.1 Å². The third-order valence-electron chi connectivity index (χ3n) is 4.79. The smallest absolute Gasteiger partial charge is 0.255 e. The van der Waals surface area contributed by atoms with Crippen molar-refractivity contribution in [3.8, 4) is 5.75 Å². The van der Waals surface area contributed by atoms with Crippen molar-refractivity contribution in [1.29, 1.82) is 0 Å². The number of ether oxygens (including phenoxy) is 1. The normalized spacial score (nSPS) is 15.5. The standard InChI is InChI=1S/C21H21ClN2O4/c1-2-19(26)23-16-7-8-18(25)17(13-16)20(27)24-21(9-11-28-12-10-21)14-3-5-15(22)6-4-14/h2-8,13,25H,1,9-12H2,(H,23,26)(H,24,27). The fourth-order valence-electron chi connectivity index (χ4n) is 3.25. The van der Waals surface area contributed by atoms with Crippen LogP contribution in [0, 0.1) is 0 Å². The summed E-state index contributed by atoms with van der Waals surface area (Å²) in [6.45, 7) is 4.40. The number of nitrogens with one attached hydrogen (secondary N) is 2. The Kier molecular flexibility index (Phi) is 6.02. The Bertz CT molecular complexity index is 890. The molecule has 0 spiro atoms. The molecule has 0 saturated carbocycles. The molecular formula is C21H21ClN2O4. The van der Waals surface area contributed by atoms with Gasteiger partial charge in [-0.3, -0.25) is 9.59 Å². The SMILES string of the molecule is C=CC(=O)Nc1ccc(O)c(C(=O)NC2(c3ccc(Cl)cc3)CCOCC2)c1. The summed E-state index contributed by atoms with van der Waals surface area (Å²) in [6.07, 6.45) is 2.31. The van der Waals surface area contributed by atoms with Gasteiger partial charge in [0, 0.05) is 23.9 Å². The van der Waals surface area contributed by atoms with Gasteiger partial charge >= 0.3 is 0 Å². The molecule has 146 valence electrons. The van der Waals surface area contributed by atoms with Gasteiger partial charge in [0.05, 0.1) is 11.1 Å². The number of carbonyl (C=O) groups excluding carboxylic acids is 2. The summed E-state index contributed by atoms with van der Waals surface area (Å²) in [6, 6.07) is 11.6. The molecule has 0 aliphatic carbocycles. The van der Waals surface area contributed by atoms with E-state index in [4.69, 9.17) is 16.3 Å². The number of phenols is 1. The minimum absolute atomic E-state index is 0.0710. The van der Waals surface area contributed by atoms with E-state index >= 15 is 0 Å². The minimum atomic E-state index is -0.632. The van der Waals surface area contributed by atoms with E-state index in [-0.39, 0.29) is 11.3 Å². The second kappa shape index (κ2) is 8.46. The molecule has 1 saturated heterocycles.